The Morgan fingerprint density at radius 3 is 2.58 bits per heavy atom. The lowest BCUT2D eigenvalue weighted by Gasteiger charge is -2.59. The summed E-state index contributed by atoms with van der Waals surface area (Å²) in [4.78, 5) is 24.3. The molecule has 7 atom stereocenters. The van der Waals surface area contributed by atoms with Gasteiger partial charge in [-0.05, 0) is 62.4 Å². The molecule has 4 rings (SSSR count). The Kier molecular flexibility index (Phi) is 4.04. The largest absolute Gasteiger partial charge is 0.392 e. The first-order valence-electron chi connectivity index (χ1n) is 9.97. The Bertz CT molecular complexity index is 684. The Hall–Kier alpha value is -1.04. The molecule has 3 fully saturated rings. The molecule has 3 saturated carbocycles. The zero-order valence-electron chi connectivity index (χ0n) is 15.7. The van der Waals surface area contributed by atoms with Gasteiger partial charge in [0.25, 0.3) is 0 Å². The van der Waals surface area contributed by atoms with Crippen LogP contribution < -0.4 is 0 Å². The second kappa shape index (κ2) is 5.73. The number of hydrogen-bond acceptors (Lipinski definition) is 5. The van der Waals surface area contributed by atoms with Crippen molar-refractivity contribution in [2.24, 2.45) is 28.6 Å². The van der Waals surface area contributed by atoms with Crippen LogP contribution in [0.2, 0.25) is 0 Å². The topological polar surface area (TPSA) is 94.8 Å². The van der Waals surface area contributed by atoms with Crippen molar-refractivity contribution in [2.45, 2.75) is 70.5 Å². The maximum Gasteiger partial charge on any atom is 0.190 e. The lowest BCUT2D eigenvalue weighted by Crippen LogP contribution is -2.59. The summed E-state index contributed by atoms with van der Waals surface area (Å²) < 4.78 is 0. The summed E-state index contributed by atoms with van der Waals surface area (Å²) in [7, 11) is 0. The van der Waals surface area contributed by atoms with E-state index in [1.807, 2.05) is 6.92 Å². The van der Waals surface area contributed by atoms with Gasteiger partial charge in [0.05, 0.1) is 6.10 Å². The van der Waals surface area contributed by atoms with Crippen LogP contribution in [0.1, 0.15) is 58.8 Å². The molecule has 0 saturated heterocycles. The molecule has 26 heavy (non-hydrogen) atoms. The normalized spacial score (nSPS) is 50.5. The van der Waals surface area contributed by atoms with E-state index in [2.05, 4.69) is 6.92 Å². The SMILES string of the molecule is C[C@]12CC[C@H]3[C@@H](CCC4=CC(=O)CC(O)[C@@]43C)[C@@H]1CC[C@]2(O)C(=O)CO. The number of Topliss-reactive ketones (excluding diaryl/α,β-unsaturated/α-hetero) is 1. The molecule has 0 heterocycles. The van der Waals surface area contributed by atoms with Crippen molar-refractivity contribution in [2.75, 3.05) is 6.61 Å². The predicted octanol–water partition coefficient (Wildman–Crippen LogP) is 1.78. The van der Waals surface area contributed by atoms with Crippen LogP contribution in [0.4, 0.5) is 0 Å². The van der Waals surface area contributed by atoms with Gasteiger partial charge >= 0.3 is 0 Å². The monoisotopic (exact) mass is 362 g/mol. The van der Waals surface area contributed by atoms with Crippen molar-refractivity contribution < 1.29 is 24.9 Å². The Morgan fingerprint density at radius 1 is 1.19 bits per heavy atom. The van der Waals surface area contributed by atoms with E-state index in [9.17, 15) is 24.9 Å². The van der Waals surface area contributed by atoms with Gasteiger partial charge in [-0.2, -0.15) is 0 Å². The van der Waals surface area contributed by atoms with Crippen molar-refractivity contribution in [1.29, 1.82) is 0 Å². The fraction of sp³-hybridized carbons (Fsp3) is 0.810. The molecule has 4 aliphatic rings. The van der Waals surface area contributed by atoms with E-state index in [1.165, 1.54) is 0 Å². The number of aliphatic hydroxyl groups is 3. The zero-order chi connectivity index (χ0) is 18.9. The van der Waals surface area contributed by atoms with E-state index in [4.69, 9.17) is 0 Å². The van der Waals surface area contributed by atoms with Crippen molar-refractivity contribution in [3.05, 3.63) is 11.6 Å². The van der Waals surface area contributed by atoms with Gasteiger partial charge in [0.2, 0.25) is 0 Å². The Balaban J connectivity index is 1.71. The van der Waals surface area contributed by atoms with E-state index < -0.39 is 29.5 Å². The lowest BCUT2D eigenvalue weighted by molar-refractivity contribution is -0.168. The highest BCUT2D eigenvalue weighted by Crippen LogP contribution is 2.67. The second-order valence-corrected chi connectivity index (χ2v) is 9.49. The molecule has 0 spiro atoms. The van der Waals surface area contributed by atoms with Gasteiger partial charge < -0.3 is 15.3 Å². The predicted molar refractivity (Wildman–Crippen MR) is 95.1 cm³/mol. The summed E-state index contributed by atoms with van der Waals surface area (Å²) in [5.74, 6) is 0.388. The third kappa shape index (κ3) is 2.08. The maximum atomic E-state index is 12.3. The number of carbonyl (C=O) groups is 2. The number of ketones is 2. The summed E-state index contributed by atoms with van der Waals surface area (Å²) >= 11 is 0. The quantitative estimate of drug-likeness (QED) is 0.696. The molecule has 5 nitrogen and oxygen atoms in total. The molecule has 0 aliphatic heterocycles. The van der Waals surface area contributed by atoms with Crippen LogP contribution in [0.25, 0.3) is 0 Å². The molecule has 0 amide bonds. The summed E-state index contributed by atoms with van der Waals surface area (Å²) in [5, 5.41) is 31.4. The van der Waals surface area contributed by atoms with Crippen molar-refractivity contribution in [1.82, 2.24) is 0 Å². The summed E-state index contributed by atoms with van der Waals surface area (Å²) in [6.45, 7) is 3.51. The van der Waals surface area contributed by atoms with Crippen LogP contribution in [0.15, 0.2) is 11.6 Å². The molecular weight excluding hydrogens is 332 g/mol. The minimum atomic E-state index is -1.43. The summed E-state index contributed by atoms with van der Waals surface area (Å²) in [6, 6.07) is 0. The highest BCUT2D eigenvalue weighted by Gasteiger charge is 2.66. The Morgan fingerprint density at radius 2 is 1.88 bits per heavy atom. The molecule has 4 aliphatic carbocycles. The average Bonchev–Trinajstić information content (AvgIpc) is 2.88. The standard InChI is InChI=1S/C21H30O5/c1-19-7-5-16-14(15(19)6-8-21(19,26)18(25)11-22)4-3-12-9-13(23)10-17(24)20(12,16)2/h9,14-17,22,24,26H,3-8,10-11H2,1-2H3/t14-,15-,16-,17?,19-,20-,21-/m0/s1. The van der Waals surface area contributed by atoms with Crippen LogP contribution in [-0.2, 0) is 9.59 Å². The van der Waals surface area contributed by atoms with Gasteiger partial charge in [0.1, 0.15) is 12.2 Å². The van der Waals surface area contributed by atoms with E-state index in [-0.39, 0.29) is 29.5 Å². The van der Waals surface area contributed by atoms with E-state index in [1.54, 1.807) is 6.08 Å². The smallest absolute Gasteiger partial charge is 0.190 e. The van der Waals surface area contributed by atoms with Gasteiger partial charge in [-0.3, -0.25) is 9.59 Å². The lowest BCUT2D eigenvalue weighted by atomic mass is 9.45. The van der Waals surface area contributed by atoms with E-state index >= 15 is 0 Å². The van der Waals surface area contributed by atoms with Crippen LogP contribution in [0, 0.1) is 28.6 Å². The fourth-order valence-electron chi connectivity index (χ4n) is 7.21. The van der Waals surface area contributed by atoms with E-state index in [0.29, 0.717) is 18.8 Å². The number of carbonyl (C=O) groups excluding carboxylic acids is 2. The number of fused-ring (bicyclic) bond motifs is 5. The highest BCUT2D eigenvalue weighted by molar-refractivity contribution is 5.92. The summed E-state index contributed by atoms with van der Waals surface area (Å²) in [5.41, 5.74) is -1.23. The van der Waals surface area contributed by atoms with Crippen LogP contribution in [0.5, 0.6) is 0 Å². The third-order valence-electron chi connectivity index (χ3n) is 8.82. The molecule has 0 aromatic carbocycles. The molecule has 144 valence electrons. The maximum absolute atomic E-state index is 12.3. The minimum absolute atomic E-state index is 0.0212. The van der Waals surface area contributed by atoms with Crippen LogP contribution in [-0.4, -0.2) is 45.2 Å². The molecule has 0 aromatic rings. The van der Waals surface area contributed by atoms with Gasteiger partial charge in [-0.1, -0.05) is 19.4 Å². The fourth-order valence-corrected chi connectivity index (χ4v) is 7.21. The minimum Gasteiger partial charge on any atom is -0.392 e. The molecule has 3 N–H and O–H groups in total. The van der Waals surface area contributed by atoms with E-state index in [0.717, 1.165) is 31.3 Å². The molecule has 1 unspecified atom stereocenters. The van der Waals surface area contributed by atoms with Gasteiger partial charge in [-0.15, -0.1) is 0 Å². The first-order chi connectivity index (χ1) is 12.2. The molecule has 0 bridgehead atoms. The van der Waals surface area contributed by atoms with Crippen molar-refractivity contribution >= 4 is 11.6 Å². The third-order valence-corrected chi connectivity index (χ3v) is 8.82. The highest BCUT2D eigenvalue weighted by atomic mass is 16.3. The van der Waals surface area contributed by atoms with Crippen LogP contribution >= 0.6 is 0 Å². The number of hydrogen-bond donors (Lipinski definition) is 3. The van der Waals surface area contributed by atoms with Crippen LogP contribution in [0.3, 0.4) is 0 Å². The van der Waals surface area contributed by atoms with Crippen molar-refractivity contribution in [3.63, 3.8) is 0 Å². The van der Waals surface area contributed by atoms with Crippen molar-refractivity contribution in [3.8, 4) is 0 Å². The number of aliphatic hydroxyl groups excluding tert-OH is 2. The first kappa shape index (κ1) is 18.3. The second-order valence-electron chi connectivity index (χ2n) is 9.49. The van der Waals surface area contributed by atoms with Gasteiger partial charge in [-0.25, -0.2) is 0 Å². The first-order valence-corrected chi connectivity index (χ1v) is 9.97. The summed E-state index contributed by atoms with van der Waals surface area (Å²) in [6.07, 6.45) is 5.79. The zero-order valence-corrected chi connectivity index (χ0v) is 15.7. The Labute approximate surface area is 154 Å². The molecular formula is C21H30O5. The van der Waals surface area contributed by atoms with Gasteiger partial charge in [0.15, 0.2) is 11.6 Å². The molecule has 5 heteroatoms. The number of rotatable bonds is 2. The van der Waals surface area contributed by atoms with Gasteiger partial charge in [0, 0.05) is 17.3 Å². The molecule has 0 aromatic heterocycles. The molecule has 0 radical (unpaired) electrons. The average molecular weight is 362 g/mol.